The summed E-state index contributed by atoms with van der Waals surface area (Å²) in [6, 6.07) is 0.00898. The van der Waals surface area contributed by atoms with Gasteiger partial charge in [-0.3, -0.25) is 4.79 Å². The van der Waals surface area contributed by atoms with E-state index in [2.05, 4.69) is 10.3 Å². The Morgan fingerprint density at radius 1 is 1.77 bits per heavy atom. The Morgan fingerprint density at radius 2 is 2.46 bits per heavy atom. The summed E-state index contributed by atoms with van der Waals surface area (Å²) in [6.07, 6.45) is 1.24. The first kappa shape index (κ1) is 9.57. The number of aromatic nitrogens is 1. The first-order valence-electron chi connectivity index (χ1n) is 4.09. The van der Waals surface area contributed by atoms with Crippen LogP contribution in [0.5, 0.6) is 0 Å². The third-order valence-corrected chi connectivity index (χ3v) is 1.43. The molecule has 1 aromatic rings. The zero-order chi connectivity index (χ0) is 9.84. The van der Waals surface area contributed by atoms with E-state index in [-0.39, 0.29) is 17.6 Å². The topological polar surface area (TPSA) is 81.2 Å². The van der Waals surface area contributed by atoms with Crippen LogP contribution in [-0.4, -0.2) is 17.4 Å². The summed E-state index contributed by atoms with van der Waals surface area (Å²) in [4.78, 5) is 15.0. The summed E-state index contributed by atoms with van der Waals surface area (Å²) >= 11 is 0. The Labute approximate surface area is 76.3 Å². The highest BCUT2D eigenvalue weighted by Crippen LogP contribution is 2.02. The van der Waals surface area contributed by atoms with Crippen LogP contribution in [0.2, 0.25) is 0 Å². The van der Waals surface area contributed by atoms with E-state index in [1.54, 1.807) is 0 Å². The number of carbonyl (C=O) groups is 1. The van der Waals surface area contributed by atoms with E-state index in [9.17, 15) is 4.79 Å². The zero-order valence-corrected chi connectivity index (χ0v) is 7.70. The van der Waals surface area contributed by atoms with Gasteiger partial charge in [0.05, 0.1) is 0 Å². The van der Waals surface area contributed by atoms with E-state index in [1.165, 1.54) is 6.26 Å². The van der Waals surface area contributed by atoms with Crippen LogP contribution in [0.15, 0.2) is 10.7 Å². The lowest BCUT2D eigenvalue weighted by atomic mass is 10.2. The van der Waals surface area contributed by atoms with E-state index in [1.807, 2.05) is 13.8 Å². The predicted octanol–water partition coefficient (Wildman–Crippen LogP) is 0.643. The summed E-state index contributed by atoms with van der Waals surface area (Å²) in [5, 5.41) is 2.69. The number of oxazole rings is 1. The number of amides is 1. The lowest BCUT2D eigenvalue weighted by Gasteiger charge is -2.04. The fourth-order valence-corrected chi connectivity index (χ4v) is 0.779. The summed E-state index contributed by atoms with van der Waals surface area (Å²) in [7, 11) is 0. The standard InChI is InChI=1S/C8H13N3O2/c1-5(2)3-10-7(12)6-4-13-8(9)11-6/h4-5H,3H2,1-2H3,(H2,9,11)(H,10,12). The van der Waals surface area contributed by atoms with Crippen LogP contribution in [0.4, 0.5) is 6.01 Å². The van der Waals surface area contributed by atoms with E-state index in [0.717, 1.165) is 0 Å². The van der Waals surface area contributed by atoms with Crippen molar-refractivity contribution in [3.8, 4) is 0 Å². The van der Waals surface area contributed by atoms with E-state index in [4.69, 9.17) is 10.2 Å². The second-order valence-corrected chi connectivity index (χ2v) is 3.17. The number of hydrogen-bond donors (Lipinski definition) is 2. The monoisotopic (exact) mass is 183 g/mol. The van der Waals surface area contributed by atoms with Crippen LogP contribution in [0, 0.1) is 5.92 Å². The van der Waals surface area contributed by atoms with Gasteiger partial charge >= 0.3 is 0 Å². The minimum Gasteiger partial charge on any atom is -0.431 e. The molecule has 0 radical (unpaired) electrons. The lowest BCUT2D eigenvalue weighted by Crippen LogP contribution is -2.27. The number of nitrogens with two attached hydrogens (primary N) is 1. The van der Waals surface area contributed by atoms with Crippen LogP contribution in [0.25, 0.3) is 0 Å². The van der Waals surface area contributed by atoms with Crippen molar-refractivity contribution in [2.75, 3.05) is 12.3 Å². The van der Waals surface area contributed by atoms with Crippen LogP contribution < -0.4 is 11.1 Å². The van der Waals surface area contributed by atoms with Crippen molar-refractivity contribution in [3.63, 3.8) is 0 Å². The average Bonchev–Trinajstić information content (AvgIpc) is 2.47. The predicted molar refractivity (Wildman–Crippen MR) is 48.1 cm³/mol. The Balaban J connectivity index is 2.49. The summed E-state index contributed by atoms with van der Waals surface area (Å²) in [5.41, 5.74) is 5.44. The molecule has 0 unspecified atom stereocenters. The summed E-state index contributed by atoms with van der Waals surface area (Å²) in [5.74, 6) is 0.155. The van der Waals surface area contributed by atoms with Gasteiger partial charge in [0.2, 0.25) is 0 Å². The molecule has 0 aliphatic heterocycles. The highest BCUT2D eigenvalue weighted by atomic mass is 16.4. The Kier molecular flexibility index (Phi) is 2.89. The molecule has 0 saturated carbocycles. The van der Waals surface area contributed by atoms with Crippen molar-refractivity contribution in [1.82, 2.24) is 10.3 Å². The minimum absolute atomic E-state index is 0.00898. The first-order chi connectivity index (χ1) is 6.09. The molecule has 0 spiro atoms. The van der Waals surface area contributed by atoms with Gasteiger partial charge in [-0.1, -0.05) is 13.8 Å². The van der Waals surface area contributed by atoms with Crippen molar-refractivity contribution in [2.24, 2.45) is 5.92 Å². The largest absolute Gasteiger partial charge is 0.431 e. The number of rotatable bonds is 3. The van der Waals surface area contributed by atoms with Gasteiger partial charge < -0.3 is 15.5 Å². The molecule has 13 heavy (non-hydrogen) atoms. The SMILES string of the molecule is CC(C)CNC(=O)c1coc(N)n1. The molecule has 3 N–H and O–H groups in total. The normalized spacial score (nSPS) is 10.4. The molecule has 1 rings (SSSR count). The molecule has 0 fully saturated rings. The van der Waals surface area contributed by atoms with Gasteiger partial charge in [-0.05, 0) is 5.92 Å². The maximum Gasteiger partial charge on any atom is 0.292 e. The summed E-state index contributed by atoms with van der Waals surface area (Å²) < 4.78 is 4.70. The zero-order valence-electron chi connectivity index (χ0n) is 7.70. The highest BCUT2D eigenvalue weighted by Gasteiger charge is 2.10. The fraction of sp³-hybridized carbons (Fsp3) is 0.500. The molecule has 5 nitrogen and oxygen atoms in total. The third-order valence-electron chi connectivity index (χ3n) is 1.43. The Bertz CT molecular complexity index is 293. The Morgan fingerprint density at radius 3 is 2.92 bits per heavy atom. The minimum atomic E-state index is -0.255. The molecule has 0 aliphatic rings. The van der Waals surface area contributed by atoms with Crippen molar-refractivity contribution in [2.45, 2.75) is 13.8 Å². The van der Waals surface area contributed by atoms with Crippen LogP contribution in [-0.2, 0) is 0 Å². The molecule has 0 atom stereocenters. The van der Waals surface area contributed by atoms with Crippen LogP contribution >= 0.6 is 0 Å². The molecule has 5 heteroatoms. The molecule has 0 aliphatic carbocycles. The Hall–Kier alpha value is -1.52. The molecule has 1 aromatic heterocycles. The number of hydrogen-bond acceptors (Lipinski definition) is 4. The molecule has 72 valence electrons. The molecular formula is C8H13N3O2. The first-order valence-corrected chi connectivity index (χ1v) is 4.09. The third kappa shape index (κ3) is 2.77. The number of nitrogens with one attached hydrogen (secondary N) is 1. The number of nitrogens with zero attached hydrogens (tertiary/aromatic N) is 1. The van der Waals surface area contributed by atoms with E-state index < -0.39 is 0 Å². The van der Waals surface area contributed by atoms with Gasteiger partial charge in [-0.2, -0.15) is 4.98 Å². The number of nitrogen functional groups attached to an aromatic ring is 1. The van der Waals surface area contributed by atoms with Crippen LogP contribution in [0.3, 0.4) is 0 Å². The molecule has 0 aromatic carbocycles. The van der Waals surface area contributed by atoms with Crippen molar-refractivity contribution >= 4 is 11.9 Å². The lowest BCUT2D eigenvalue weighted by molar-refractivity contribution is 0.0944. The quantitative estimate of drug-likeness (QED) is 0.720. The second kappa shape index (κ2) is 3.93. The van der Waals surface area contributed by atoms with Crippen molar-refractivity contribution in [1.29, 1.82) is 0 Å². The smallest absolute Gasteiger partial charge is 0.292 e. The van der Waals surface area contributed by atoms with E-state index in [0.29, 0.717) is 12.5 Å². The maximum atomic E-state index is 11.3. The molecular weight excluding hydrogens is 170 g/mol. The van der Waals surface area contributed by atoms with Gasteiger partial charge in [0.25, 0.3) is 11.9 Å². The van der Waals surface area contributed by atoms with E-state index >= 15 is 0 Å². The molecule has 0 saturated heterocycles. The van der Waals surface area contributed by atoms with Gasteiger partial charge in [0, 0.05) is 6.54 Å². The number of carbonyl (C=O) groups excluding carboxylic acids is 1. The second-order valence-electron chi connectivity index (χ2n) is 3.17. The van der Waals surface area contributed by atoms with Gasteiger partial charge in [-0.15, -0.1) is 0 Å². The van der Waals surface area contributed by atoms with Crippen molar-refractivity contribution < 1.29 is 9.21 Å². The van der Waals surface area contributed by atoms with Crippen molar-refractivity contribution in [3.05, 3.63) is 12.0 Å². The molecule has 1 heterocycles. The van der Waals surface area contributed by atoms with Crippen LogP contribution in [0.1, 0.15) is 24.3 Å². The average molecular weight is 183 g/mol. The fourth-order valence-electron chi connectivity index (χ4n) is 0.779. The maximum absolute atomic E-state index is 11.3. The molecule has 1 amide bonds. The van der Waals surface area contributed by atoms with Gasteiger partial charge in [0.1, 0.15) is 6.26 Å². The molecule has 0 bridgehead atoms. The highest BCUT2D eigenvalue weighted by molar-refractivity contribution is 5.92. The van der Waals surface area contributed by atoms with Gasteiger partial charge in [-0.25, -0.2) is 0 Å². The number of anilines is 1. The summed E-state index contributed by atoms with van der Waals surface area (Å²) in [6.45, 7) is 4.64. The van der Waals surface area contributed by atoms with Gasteiger partial charge in [0.15, 0.2) is 5.69 Å².